The summed E-state index contributed by atoms with van der Waals surface area (Å²) in [5.41, 5.74) is 1.81. The molecule has 0 spiro atoms. The average molecular weight is 275 g/mol. The van der Waals surface area contributed by atoms with E-state index in [1.54, 1.807) is 10.6 Å². The van der Waals surface area contributed by atoms with E-state index < -0.39 is 0 Å². The monoisotopic (exact) mass is 274 g/mol. The Morgan fingerprint density at radius 3 is 2.89 bits per heavy atom. The van der Waals surface area contributed by atoms with Gasteiger partial charge in [0.1, 0.15) is 12.1 Å². The number of fused-ring (bicyclic) bond motifs is 1. The van der Waals surface area contributed by atoms with E-state index in [9.17, 15) is 0 Å². The summed E-state index contributed by atoms with van der Waals surface area (Å²) in [5.74, 6) is 1.76. The van der Waals surface area contributed by atoms with E-state index in [1.807, 2.05) is 32.0 Å². The van der Waals surface area contributed by atoms with Gasteiger partial charge in [0.05, 0.1) is 0 Å². The van der Waals surface area contributed by atoms with Crippen molar-refractivity contribution in [2.45, 2.75) is 13.8 Å². The summed E-state index contributed by atoms with van der Waals surface area (Å²) in [5, 5.41) is 4.72. The molecule has 0 bridgehead atoms. The van der Waals surface area contributed by atoms with Crippen molar-refractivity contribution in [3.05, 3.63) is 46.9 Å². The molecule has 2 heterocycles. The standard InChI is InChI=1S/C13H11ClN4O/c1-8-3-4-10(14)6-11(8)19-12-5-9(2)17-13-15-7-16-18(12)13/h3-7H,1-2H3. The molecular weight excluding hydrogens is 264 g/mol. The van der Waals surface area contributed by atoms with Crippen molar-refractivity contribution in [1.29, 1.82) is 0 Å². The van der Waals surface area contributed by atoms with Crippen LogP contribution < -0.4 is 4.74 Å². The predicted octanol–water partition coefficient (Wildman–Crippen LogP) is 3.19. The van der Waals surface area contributed by atoms with E-state index in [4.69, 9.17) is 16.3 Å². The van der Waals surface area contributed by atoms with Gasteiger partial charge in [0.15, 0.2) is 0 Å². The highest BCUT2D eigenvalue weighted by atomic mass is 35.5. The third-order valence-electron chi connectivity index (χ3n) is 2.71. The molecule has 0 aliphatic rings. The zero-order valence-corrected chi connectivity index (χ0v) is 11.2. The van der Waals surface area contributed by atoms with E-state index in [0.29, 0.717) is 22.4 Å². The van der Waals surface area contributed by atoms with Gasteiger partial charge in [-0.15, -0.1) is 0 Å². The van der Waals surface area contributed by atoms with Crippen molar-refractivity contribution in [2.24, 2.45) is 0 Å². The number of aromatic nitrogens is 4. The number of ether oxygens (including phenoxy) is 1. The Morgan fingerprint density at radius 2 is 2.05 bits per heavy atom. The van der Waals surface area contributed by atoms with Crippen LogP contribution in [0.25, 0.3) is 5.78 Å². The van der Waals surface area contributed by atoms with Crippen molar-refractivity contribution < 1.29 is 4.74 Å². The van der Waals surface area contributed by atoms with Crippen LogP contribution in [0, 0.1) is 13.8 Å². The normalized spacial score (nSPS) is 10.9. The molecule has 0 radical (unpaired) electrons. The maximum Gasteiger partial charge on any atom is 0.255 e. The van der Waals surface area contributed by atoms with E-state index >= 15 is 0 Å². The zero-order chi connectivity index (χ0) is 13.4. The molecule has 3 rings (SSSR count). The van der Waals surface area contributed by atoms with Gasteiger partial charge in [-0.3, -0.25) is 0 Å². The molecular formula is C13H11ClN4O. The fraction of sp³-hybridized carbons (Fsp3) is 0.154. The van der Waals surface area contributed by atoms with E-state index in [1.165, 1.54) is 6.33 Å². The van der Waals surface area contributed by atoms with Gasteiger partial charge in [0.25, 0.3) is 5.78 Å². The number of hydrogen-bond acceptors (Lipinski definition) is 4. The molecule has 0 amide bonds. The van der Waals surface area contributed by atoms with Crippen molar-refractivity contribution in [3.63, 3.8) is 0 Å². The Bertz CT molecular complexity index is 753. The average Bonchev–Trinajstić information content (AvgIpc) is 2.82. The lowest BCUT2D eigenvalue weighted by atomic mass is 10.2. The molecule has 0 aliphatic heterocycles. The first-order valence-corrected chi connectivity index (χ1v) is 6.13. The molecule has 0 unspecified atom stereocenters. The lowest BCUT2D eigenvalue weighted by molar-refractivity contribution is 0.442. The van der Waals surface area contributed by atoms with Crippen LogP contribution >= 0.6 is 11.6 Å². The van der Waals surface area contributed by atoms with Crippen molar-refractivity contribution in [3.8, 4) is 11.6 Å². The molecule has 0 saturated carbocycles. The summed E-state index contributed by atoms with van der Waals surface area (Å²) in [4.78, 5) is 8.32. The van der Waals surface area contributed by atoms with E-state index in [2.05, 4.69) is 15.1 Å². The number of rotatable bonds is 2. The number of benzene rings is 1. The van der Waals surface area contributed by atoms with Crippen LogP contribution in [0.15, 0.2) is 30.6 Å². The first-order chi connectivity index (χ1) is 9.13. The number of aryl methyl sites for hydroxylation is 2. The van der Waals surface area contributed by atoms with Gasteiger partial charge < -0.3 is 4.74 Å². The molecule has 2 aromatic heterocycles. The minimum atomic E-state index is 0.509. The first-order valence-electron chi connectivity index (χ1n) is 5.75. The van der Waals surface area contributed by atoms with Crippen molar-refractivity contribution >= 4 is 17.4 Å². The van der Waals surface area contributed by atoms with Gasteiger partial charge in [-0.1, -0.05) is 17.7 Å². The Kier molecular flexibility index (Phi) is 2.83. The van der Waals surface area contributed by atoms with Crippen LogP contribution in [0.3, 0.4) is 0 Å². The highest BCUT2D eigenvalue weighted by Crippen LogP contribution is 2.28. The maximum absolute atomic E-state index is 5.98. The molecule has 6 heteroatoms. The summed E-state index contributed by atoms with van der Waals surface area (Å²) in [6, 6.07) is 7.31. The van der Waals surface area contributed by atoms with Crippen LogP contribution in [0.1, 0.15) is 11.3 Å². The molecule has 3 aromatic rings. The quantitative estimate of drug-likeness (QED) is 0.720. The van der Waals surface area contributed by atoms with Gasteiger partial charge in [0.2, 0.25) is 5.88 Å². The molecule has 96 valence electrons. The number of nitrogens with zero attached hydrogens (tertiary/aromatic N) is 4. The van der Waals surface area contributed by atoms with E-state index in [0.717, 1.165) is 11.3 Å². The van der Waals surface area contributed by atoms with Crippen LogP contribution in [-0.2, 0) is 0 Å². The van der Waals surface area contributed by atoms with Crippen molar-refractivity contribution in [2.75, 3.05) is 0 Å². The molecule has 0 saturated heterocycles. The highest BCUT2D eigenvalue weighted by Gasteiger charge is 2.09. The lowest BCUT2D eigenvalue weighted by Crippen LogP contribution is -2.00. The second-order valence-corrected chi connectivity index (χ2v) is 4.66. The van der Waals surface area contributed by atoms with Gasteiger partial charge in [-0.2, -0.15) is 14.6 Å². The van der Waals surface area contributed by atoms with Crippen LogP contribution in [-0.4, -0.2) is 19.6 Å². The Hall–Kier alpha value is -2.14. The van der Waals surface area contributed by atoms with Crippen molar-refractivity contribution in [1.82, 2.24) is 19.6 Å². The highest BCUT2D eigenvalue weighted by molar-refractivity contribution is 6.30. The summed E-state index contributed by atoms with van der Waals surface area (Å²) in [7, 11) is 0. The van der Waals surface area contributed by atoms with Gasteiger partial charge >= 0.3 is 0 Å². The minimum absolute atomic E-state index is 0.509. The molecule has 5 nitrogen and oxygen atoms in total. The molecule has 19 heavy (non-hydrogen) atoms. The Balaban J connectivity index is 2.10. The van der Waals surface area contributed by atoms with Crippen LogP contribution in [0.2, 0.25) is 5.02 Å². The Morgan fingerprint density at radius 1 is 1.21 bits per heavy atom. The summed E-state index contributed by atoms with van der Waals surface area (Å²) < 4.78 is 7.43. The predicted molar refractivity (Wildman–Crippen MR) is 71.8 cm³/mol. The SMILES string of the molecule is Cc1cc(Oc2cc(Cl)ccc2C)n2ncnc2n1. The lowest BCUT2D eigenvalue weighted by Gasteiger charge is -2.10. The number of halogens is 1. The summed E-state index contributed by atoms with van der Waals surface area (Å²) >= 11 is 5.98. The van der Waals surface area contributed by atoms with Crippen LogP contribution in [0.5, 0.6) is 11.6 Å². The Labute approximate surface area is 114 Å². The molecule has 1 aromatic carbocycles. The summed E-state index contributed by atoms with van der Waals surface area (Å²) in [6.45, 7) is 3.84. The maximum atomic E-state index is 5.98. The van der Waals surface area contributed by atoms with Crippen LogP contribution in [0.4, 0.5) is 0 Å². The molecule has 0 aliphatic carbocycles. The second kappa shape index (κ2) is 4.51. The van der Waals surface area contributed by atoms with Gasteiger partial charge in [0, 0.05) is 16.8 Å². The van der Waals surface area contributed by atoms with Gasteiger partial charge in [-0.05, 0) is 31.5 Å². The first kappa shape index (κ1) is 11.9. The number of hydrogen-bond donors (Lipinski definition) is 0. The fourth-order valence-corrected chi connectivity index (χ4v) is 1.93. The van der Waals surface area contributed by atoms with Gasteiger partial charge in [-0.25, -0.2) is 4.98 Å². The largest absolute Gasteiger partial charge is 0.438 e. The zero-order valence-electron chi connectivity index (χ0n) is 10.5. The molecule has 0 atom stereocenters. The topological polar surface area (TPSA) is 52.3 Å². The third kappa shape index (κ3) is 2.24. The fourth-order valence-electron chi connectivity index (χ4n) is 1.77. The minimum Gasteiger partial charge on any atom is -0.438 e. The second-order valence-electron chi connectivity index (χ2n) is 4.22. The molecule has 0 N–H and O–H groups in total. The smallest absolute Gasteiger partial charge is 0.255 e. The summed E-state index contributed by atoms with van der Waals surface area (Å²) in [6.07, 6.45) is 1.44. The third-order valence-corrected chi connectivity index (χ3v) is 2.95. The molecule has 0 fully saturated rings. The van der Waals surface area contributed by atoms with E-state index in [-0.39, 0.29) is 0 Å².